The van der Waals surface area contributed by atoms with E-state index < -0.39 is 18.1 Å². The predicted molar refractivity (Wildman–Crippen MR) is 105 cm³/mol. The Labute approximate surface area is 167 Å². The van der Waals surface area contributed by atoms with Gasteiger partial charge < -0.3 is 15.2 Å². The molecule has 2 N–H and O–H groups in total. The molecule has 0 aliphatic heterocycles. The van der Waals surface area contributed by atoms with E-state index in [1.54, 1.807) is 6.07 Å². The fourth-order valence-electron chi connectivity index (χ4n) is 3.63. The normalized spacial score (nSPS) is 13.2. The highest BCUT2D eigenvalue weighted by Crippen LogP contribution is 2.44. The molecule has 146 valence electrons. The molecule has 1 amide bonds. The molecule has 0 radical (unpaired) electrons. The number of nitrogens with zero attached hydrogens (tertiary/aromatic N) is 2. The second-order valence-electron chi connectivity index (χ2n) is 6.77. The van der Waals surface area contributed by atoms with Crippen LogP contribution in [0.2, 0.25) is 0 Å². The van der Waals surface area contributed by atoms with Crippen molar-refractivity contribution in [3.05, 3.63) is 83.9 Å². The number of amides is 1. The van der Waals surface area contributed by atoms with Crippen molar-refractivity contribution < 1.29 is 19.4 Å². The van der Waals surface area contributed by atoms with Gasteiger partial charge in [-0.1, -0.05) is 48.5 Å². The lowest BCUT2D eigenvalue weighted by Gasteiger charge is -2.17. The fourth-order valence-corrected chi connectivity index (χ4v) is 3.63. The lowest BCUT2D eigenvalue weighted by molar-refractivity contribution is -0.139. The Morgan fingerprint density at radius 1 is 1.03 bits per heavy atom. The number of ether oxygens (including phenoxy) is 1. The zero-order chi connectivity index (χ0) is 20.2. The van der Waals surface area contributed by atoms with Gasteiger partial charge in [0.05, 0.1) is 0 Å². The summed E-state index contributed by atoms with van der Waals surface area (Å²) in [5, 5.41) is 11.8. The molecule has 1 atom stereocenters. The van der Waals surface area contributed by atoms with E-state index >= 15 is 0 Å². The van der Waals surface area contributed by atoms with E-state index in [1.165, 1.54) is 12.5 Å². The lowest BCUT2D eigenvalue weighted by atomic mass is 9.98. The SMILES string of the molecule is O=C(N[C@@H](Cc1ccncn1)C(=O)O)OCC1c2ccccc2-c2ccccc21. The van der Waals surface area contributed by atoms with Crippen LogP contribution in [0.3, 0.4) is 0 Å². The van der Waals surface area contributed by atoms with Gasteiger partial charge in [-0.05, 0) is 28.3 Å². The number of fused-ring (bicyclic) bond motifs is 3. The fraction of sp³-hybridized carbons (Fsp3) is 0.182. The molecule has 0 saturated carbocycles. The van der Waals surface area contributed by atoms with Crippen molar-refractivity contribution in [2.75, 3.05) is 6.61 Å². The zero-order valence-electron chi connectivity index (χ0n) is 15.5. The third-order valence-corrected chi connectivity index (χ3v) is 4.99. The van der Waals surface area contributed by atoms with Crippen LogP contribution >= 0.6 is 0 Å². The van der Waals surface area contributed by atoms with Crippen LogP contribution < -0.4 is 5.32 Å². The highest BCUT2D eigenvalue weighted by Gasteiger charge is 2.29. The minimum absolute atomic E-state index is 0.0437. The largest absolute Gasteiger partial charge is 0.480 e. The van der Waals surface area contributed by atoms with Crippen molar-refractivity contribution >= 4 is 12.1 Å². The summed E-state index contributed by atoms with van der Waals surface area (Å²) >= 11 is 0. The molecule has 3 aromatic rings. The maximum Gasteiger partial charge on any atom is 0.407 e. The third kappa shape index (κ3) is 3.94. The van der Waals surface area contributed by atoms with Crippen LogP contribution in [0.1, 0.15) is 22.7 Å². The van der Waals surface area contributed by atoms with Crippen molar-refractivity contribution in [3.63, 3.8) is 0 Å². The number of carbonyl (C=O) groups excluding carboxylic acids is 1. The molecule has 4 rings (SSSR count). The van der Waals surface area contributed by atoms with Crippen molar-refractivity contribution in [3.8, 4) is 11.1 Å². The number of nitrogens with one attached hydrogen (secondary N) is 1. The second-order valence-corrected chi connectivity index (χ2v) is 6.77. The van der Waals surface area contributed by atoms with E-state index in [0.717, 1.165) is 22.3 Å². The predicted octanol–water partition coefficient (Wildman–Crippen LogP) is 3.01. The van der Waals surface area contributed by atoms with E-state index in [-0.39, 0.29) is 18.9 Å². The van der Waals surface area contributed by atoms with Gasteiger partial charge in [-0.3, -0.25) is 0 Å². The Morgan fingerprint density at radius 2 is 1.69 bits per heavy atom. The molecule has 1 aromatic heterocycles. The van der Waals surface area contributed by atoms with E-state index in [2.05, 4.69) is 27.4 Å². The Balaban J connectivity index is 1.43. The van der Waals surface area contributed by atoms with E-state index in [9.17, 15) is 14.7 Å². The summed E-state index contributed by atoms with van der Waals surface area (Å²) in [5.74, 6) is -1.24. The number of hydrogen-bond donors (Lipinski definition) is 2. The highest BCUT2D eigenvalue weighted by atomic mass is 16.5. The Bertz CT molecular complexity index is 993. The topological polar surface area (TPSA) is 101 Å². The van der Waals surface area contributed by atoms with Crippen LogP contribution in [-0.4, -0.2) is 39.8 Å². The summed E-state index contributed by atoms with van der Waals surface area (Å²) in [6.07, 6.45) is 2.13. The lowest BCUT2D eigenvalue weighted by Crippen LogP contribution is -2.43. The summed E-state index contributed by atoms with van der Waals surface area (Å²) in [7, 11) is 0. The number of aliphatic carboxylic acids is 1. The van der Waals surface area contributed by atoms with Gasteiger partial charge in [-0.25, -0.2) is 19.6 Å². The molecular formula is C22H19N3O4. The summed E-state index contributed by atoms with van der Waals surface area (Å²) in [5.41, 5.74) is 4.97. The molecule has 1 aliphatic carbocycles. The third-order valence-electron chi connectivity index (χ3n) is 4.99. The number of aromatic nitrogens is 2. The molecule has 1 heterocycles. The standard InChI is InChI=1S/C22H19N3O4/c26-21(27)20(11-14-9-10-23-13-24-14)25-22(28)29-12-19-17-7-3-1-5-15(17)16-6-2-4-8-18(16)19/h1-10,13,19-20H,11-12H2,(H,25,28)(H,26,27)/t20-/m0/s1. The maximum absolute atomic E-state index is 12.3. The molecule has 2 aromatic carbocycles. The quantitative estimate of drug-likeness (QED) is 0.672. The summed E-state index contributed by atoms with van der Waals surface area (Å²) in [4.78, 5) is 31.6. The number of rotatable bonds is 6. The van der Waals surface area contributed by atoms with Gasteiger partial charge in [0.2, 0.25) is 0 Å². The van der Waals surface area contributed by atoms with Crippen molar-refractivity contribution in [1.82, 2.24) is 15.3 Å². The number of hydrogen-bond acceptors (Lipinski definition) is 5. The van der Waals surface area contributed by atoms with Crippen LogP contribution in [0.5, 0.6) is 0 Å². The van der Waals surface area contributed by atoms with Crippen LogP contribution in [0.25, 0.3) is 11.1 Å². The maximum atomic E-state index is 12.3. The Kier molecular flexibility index (Phi) is 5.20. The van der Waals surface area contributed by atoms with Crippen LogP contribution in [0, 0.1) is 0 Å². The molecule has 0 bridgehead atoms. The highest BCUT2D eigenvalue weighted by molar-refractivity contribution is 5.81. The van der Waals surface area contributed by atoms with Gasteiger partial charge in [-0.2, -0.15) is 0 Å². The summed E-state index contributed by atoms with van der Waals surface area (Å²) in [6, 6.07) is 16.5. The molecule has 0 unspecified atom stereocenters. The van der Waals surface area contributed by atoms with Crippen LogP contribution in [0.4, 0.5) is 4.79 Å². The van der Waals surface area contributed by atoms with Gasteiger partial charge in [0.1, 0.15) is 19.0 Å². The van der Waals surface area contributed by atoms with Gasteiger partial charge in [0.15, 0.2) is 0 Å². The number of carboxylic acid groups (broad SMARTS) is 1. The van der Waals surface area contributed by atoms with Gasteiger partial charge in [0, 0.05) is 24.2 Å². The Hall–Kier alpha value is -3.74. The van der Waals surface area contributed by atoms with Gasteiger partial charge in [-0.15, -0.1) is 0 Å². The van der Waals surface area contributed by atoms with E-state index in [4.69, 9.17) is 4.74 Å². The molecule has 7 nitrogen and oxygen atoms in total. The van der Waals surface area contributed by atoms with Crippen molar-refractivity contribution in [2.24, 2.45) is 0 Å². The first kappa shape index (κ1) is 18.6. The molecule has 0 fully saturated rings. The van der Waals surface area contributed by atoms with Crippen molar-refractivity contribution in [1.29, 1.82) is 0 Å². The van der Waals surface area contributed by atoms with Gasteiger partial charge in [0.25, 0.3) is 0 Å². The molecular weight excluding hydrogens is 370 g/mol. The minimum atomic E-state index is -1.16. The number of alkyl carbamates (subject to hydrolysis) is 1. The number of carbonyl (C=O) groups is 2. The van der Waals surface area contributed by atoms with Crippen LogP contribution in [-0.2, 0) is 16.0 Å². The smallest absolute Gasteiger partial charge is 0.407 e. The molecule has 7 heteroatoms. The first-order chi connectivity index (χ1) is 14.1. The Morgan fingerprint density at radius 3 is 2.28 bits per heavy atom. The average molecular weight is 389 g/mol. The average Bonchev–Trinajstić information content (AvgIpc) is 3.06. The zero-order valence-corrected chi connectivity index (χ0v) is 15.5. The number of benzene rings is 2. The number of carboxylic acids is 1. The van der Waals surface area contributed by atoms with Crippen LogP contribution in [0.15, 0.2) is 67.1 Å². The van der Waals surface area contributed by atoms with Gasteiger partial charge >= 0.3 is 12.1 Å². The monoisotopic (exact) mass is 389 g/mol. The first-order valence-corrected chi connectivity index (χ1v) is 9.22. The molecule has 1 aliphatic rings. The molecule has 0 spiro atoms. The van der Waals surface area contributed by atoms with Crippen molar-refractivity contribution in [2.45, 2.75) is 18.4 Å². The van der Waals surface area contributed by atoms with E-state index in [0.29, 0.717) is 5.69 Å². The first-order valence-electron chi connectivity index (χ1n) is 9.22. The summed E-state index contributed by atoms with van der Waals surface area (Å²) < 4.78 is 5.41. The summed E-state index contributed by atoms with van der Waals surface area (Å²) in [6.45, 7) is 0.125. The molecule has 0 saturated heterocycles. The van der Waals surface area contributed by atoms with E-state index in [1.807, 2.05) is 36.4 Å². The molecule has 29 heavy (non-hydrogen) atoms. The minimum Gasteiger partial charge on any atom is -0.480 e. The second kappa shape index (κ2) is 8.10.